The van der Waals surface area contributed by atoms with Gasteiger partial charge in [-0.05, 0) is 75.0 Å². The summed E-state index contributed by atoms with van der Waals surface area (Å²) in [6.07, 6.45) is 3.29. The van der Waals surface area contributed by atoms with E-state index in [9.17, 15) is 12.8 Å². The zero-order chi connectivity index (χ0) is 27.8. The lowest BCUT2D eigenvalue weighted by Crippen LogP contribution is -2.51. The van der Waals surface area contributed by atoms with Gasteiger partial charge in [-0.1, -0.05) is 6.07 Å². The molecule has 0 unspecified atom stereocenters. The number of imidazole rings is 1. The smallest absolute Gasteiger partial charge is 0.267 e. The molecular formula is C27H31FN6O4S. The lowest BCUT2D eigenvalue weighted by Gasteiger charge is -2.43. The van der Waals surface area contributed by atoms with Gasteiger partial charge in [0.1, 0.15) is 10.7 Å². The third kappa shape index (κ3) is 5.27. The number of rotatable bonds is 8. The van der Waals surface area contributed by atoms with Gasteiger partial charge in [0.05, 0.1) is 18.1 Å². The summed E-state index contributed by atoms with van der Waals surface area (Å²) in [5, 5.41) is 0. The molecule has 10 nitrogen and oxygen atoms in total. The second-order valence-corrected chi connectivity index (χ2v) is 11.5. The maximum Gasteiger partial charge on any atom is 0.267 e. The first-order valence-electron chi connectivity index (χ1n) is 12.5. The molecule has 0 radical (unpaired) electrons. The molecule has 2 aromatic carbocycles. The van der Waals surface area contributed by atoms with E-state index in [1.807, 2.05) is 22.8 Å². The molecule has 3 heterocycles. The predicted octanol–water partition coefficient (Wildman–Crippen LogP) is 3.74. The number of nitrogens with two attached hydrogens (primary N) is 1. The molecule has 0 atom stereocenters. The van der Waals surface area contributed by atoms with Crippen molar-refractivity contribution in [2.24, 2.45) is 0 Å². The zero-order valence-corrected chi connectivity index (χ0v) is 22.8. The Hall–Kier alpha value is -3.74. The van der Waals surface area contributed by atoms with E-state index in [-0.39, 0.29) is 22.0 Å². The van der Waals surface area contributed by atoms with E-state index in [0.717, 1.165) is 29.4 Å². The summed E-state index contributed by atoms with van der Waals surface area (Å²) < 4.78 is 55.2. The lowest BCUT2D eigenvalue weighted by atomic mass is 9.88. The molecule has 0 aliphatic carbocycles. The van der Waals surface area contributed by atoms with E-state index in [1.54, 1.807) is 6.20 Å². The number of nitrogen functional groups attached to an aromatic ring is 1. The number of aromatic nitrogens is 3. The summed E-state index contributed by atoms with van der Waals surface area (Å²) in [5.74, 6) is -0.117. The topological polar surface area (TPSA) is 125 Å². The number of sulfonamides is 1. The van der Waals surface area contributed by atoms with Gasteiger partial charge in [0.15, 0.2) is 0 Å². The van der Waals surface area contributed by atoms with E-state index < -0.39 is 15.8 Å². The second kappa shape index (κ2) is 10.4. The van der Waals surface area contributed by atoms with Gasteiger partial charge in [-0.2, -0.15) is 0 Å². The van der Waals surface area contributed by atoms with E-state index in [2.05, 4.69) is 33.7 Å². The highest BCUT2D eigenvalue weighted by Crippen LogP contribution is 2.34. The summed E-state index contributed by atoms with van der Waals surface area (Å²) in [6.45, 7) is 1.99. The minimum absolute atomic E-state index is 0.0591. The molecule has 3 N–H and O–H groups in total. The van der Waals surface area contributed by atoms with Crippen molar-refractivity contribution in [1.29, 1.82) is 0 Å². The summed E-state index contributed by atoms with van der Waals surface area (Å²) in [5.41, 5.74) is 9.34. The van der Waals surface area contributed by atoms with Crippen LogP contribution in [-0.2, 0) is 21.3 Å². The maximum atomic E-state index is 13.3. The first kappa shape index (κ1) is 26.9. The van der Waals surface area contributed by atoms with Crippen molar-refractivity contribution in [3.8, 4) is 17.0 Å². The van der Waals surface area contributed by atoms with Crippen LogP contribution in [0.25, 0.3) is 22.2 Å². The summed E-state index contributed by atoms with van der Waals surface area (Å²) in [4.78, 5) is 10.9. The minimum Gasteiger partial charge on any atom is -0.480 e. The molecule has 1 saturated heterocycles. The number of halogens is 1. The van der Waals surface area contributed by atoms with Crippen LogP contribution in [0.2, 0.25) is 0 Å². The van der Waals surface area contributed by atoms with Gasteiger partial charge in [0, 0.05) is 42.7 Å². The van der Waals surface area contributed by atoms with Crippen LogP contribution in [0.15, 0.2) is 59.6 Å². The number of likely N-dealkylation sites (N-methyl/N-ethyl adjacent to an activating group) is 1. The largest absolute Gasteiger partial charge is 0.480 e. The molecule has 0 saturated carbocycles. The first-order valence-corrected chi connectivity index (χ1v) is 13.9. The Balaban J connectivity index is 1.54. The van der Waals surface area contributed by atoms with Crippen molar-refractivity contribution in [1.82, 2.24) is 19.4 Å². The fraction of sp³-hybridized carbons (Fsp3) is 0.333. The molecule has 5 rings (SSSR count). The van der Waals surface area contributed by atoms with Crippen molar-refractivity contribution in [3.05, 3.63) is 60.5 Å². The van der Waals surface area contributed by atoms with Crippen molar-refractivity contribution in [3.63, 3.8) is 0 Å². The van der Waals surface area contributed by atoms with Crippen LogP contribution in [0, 0.1) is 5.82 Å². The number of methoxy groups -OCH3 is 1. The van der Waals surface area contributed by atoms with Gasteiger partial charge >= 0.3 is 0 Å². The Morgan fingerprint density at radius 3 is 2.51 bits per heavy atom. The van der Waals surface area contributed by atoms with Crippen LogP contribution >= 0.6 is 0 Å². The summed E-state index contributed by atoms with van der Waals surface area (Å²) in [7, 11) is 1.39. The van der Waals surface area contributed by atoms with Crippen molar-refractivity contribution in [2.45, 2.75) is 29.8 Å². The number of nitrogens with zero attached hydrogens (tertiary/aromatic N) is 4. The molecule has 4 aromatic rings. The third-order valence-corrected chi connectivity index (χ3v) is 8.71. The Kier molecular flexibility index (Phi) is 7.19. The molecule has 12 heteroatoms. The molecule has 0 spiro atoms. The van der Waals surface area contributed by atoms with Crippen LogP contribution < -0.4 is 15.2 Å². The summed E-state index contributed by atoms with van der Waals surface area (Å²) in [6, 6.07) is 12.2. The van der Waals surface area contributed by atoms with Crippen LogP contribution in [0.3, 0.4) is 0 Å². The van der Waals surface area contributed by atoms with Crippen LogP contribution in [0.4, 0.5) is 16.0 Å². The molecule has 1 aliphatic rings. The molecule has 2 aromatic heterocycles. The number of hydrogen-bond acceptors (Lipinski definition) is 8. The van der Waals surface area contributed by atoms with Crippen molar-refractivity contribution < 1.29 is 22.3 Å². The third-order valence-electron chi connectivity index (χ3n) is 7.33. The normalized spacial score (nSPS) is 15.5. The van der Waals surface area contributed by atoms with Crippen LogP contribution in [0.5, 0.6) is 5.88 Å². The molecule has 0 amide bonds. The first-order chi connectivity index (χ1) is 18.6. The SMILES string of the molecule is COc1ncc(-c2ccc3nc(N)n(CC4(N(C)C)CCOCC4)c3c2)cc1S(=O)(=O)Nc1ccc(F)cc1. The van der Waals surface area contributed by atoms with E-state index in [0.29, 0.717) is 31.3 Å². The Bertz CT molecular complexity index is 1600. The highest BCUT2D eigenvalue weighted by molar-refractivity contribution is 7.92. The Morgan fingerprint density at radius 2 is 1.85 bits per heavy atom. The number of nitrogens with one attached hydrogen (secondary N) is 1. The number of pyridine rings is 1. The molecule has 39 heavy (non-hydrogen) atoms. The van der Waals surface area contributed by atoms with Gasteiger partial charge in [0.25, 0.3) is 10.0 Å². The monoisotopic (exact) mass is 554 g/mol. The van der Waals surface area contributed by atoms with Crippen LogP contribution in [-0.4, -0.2) is 67.8 Å². The highest BCUT2D eigenvalue weighted by atomic mass is 32.2. The maximum absolute atomic E-state index is 13.3. The lowest BCUT2D eigenvalue weighted by molar-refractivity contribution is -0.0157. The number of hydrogen-bond donors (Lipinski definition) is 2. The standard InChI is InChI=1S/C27H31FN6O4S/c1-33(2)27(10-12-38-13-11-27)17-34-23-14-18(4-9-22(23)31-26(34)29)19-15-24(25(37-3)30-16-19)39(35,36)32-21-7-5-20(28)6-8-21/h4-9,14-16,32H,10-13,17H2,1-3H3,(H2,29,31). The highest BCUT2D eigenvalue weighted by Gasteiger charge is 2.36. The number of anilines is 2. The number of ether oxygens (including phenoxy) is 2. The Morgan fingerprint density at radius 1 is 1.13 bits per heavy atom. The quantitative estimate of drug-likeness (QED) is 0.338. The van der Waals surface area contributed by atoms with Crippen LogP contribution in [0.1, 0.15) is 12.8 Å². The van der Waals surface area contributed by atoms with Crippen molar-refractivity contribution >= 4 is 32.7 Å². The van der Waals surface area contributed by atoms with E-state index >= 15 is 0 Å². The fourth-order valence-electron chi connectivity index (χ4n) is 4.94. The molecular weight excluding hydrogens is 523 g/mol. The van der Waals surface area contributed by atoms with Gasteiger partial charge in [-0.25, -0.2) is 22.8 Å². The Labute approximate surface area is 226 Å². The van der Waals surface area contributed by atoms with E-state index in [4.69, 9.17) is 15.2 Å². The van der Waals surface area contributed by atoms with Gasteiger partial charge in [-0.3, -0.25) is 4.72 Å². The zero-order valence-electron chi connectivity index (χ0n) is 22.0. The fourth-order valence-corrected chi connectivity index (χ4v) is 6.15. The molecule has 206 valence electrons. The number of fused-ring (bicyclic) bond motifs is 1. The van der Waals surface area contributed by atoms with Crippen molar-refractivity contribution in [2.75, 3.05) is 44.9 Å². The van der Waals surface area contributed by atoms with Gasteiger partial charge < -0.3 is 24.7 Å². The van der Waals surface area contributed by atoms with Gasteiger partial charge in [0.2, 0.25) is 11.8 Å². The molecule has 1 fully saturated rings. The average molecular weight is 555 g/mol. The predicted molar refractivity (Wildman–Crippen MR) is 148 cm³/mol. The summed E-state index contributed by atoms with van der Waals surface area (Å²) >= 11 is 0. The minimum atomic E-state index is -4.10. The van der Waals surface area contributed by atoms with Gasteiger partial charge in [-0.15, -0.1) is 0 Å². The average Bonchev–Trinajstić information content (AvgIpc) is 3.23. The molecule has 1 aliphatic heterocycles. The second-order valence-electron chi connectivity index (χ2n) is 9.83. The number of benzene rings is 2. The molecule has 0 bridgehead atoms. The van der Waals surface area contributed by atoms with E-state index in [1.165, 1.54) is 37.4 Å².